The van der Waals surface area contributed by atoms with Gasteiger partial charge in [-0.1, -0.05) is 43.2 Å². The number of hydrogen-bond donors (Lipinski definition) is 0. The van der Waals surface area contributed by atoms with Gasteiger partial charge in [0.05, 0.1) is 11.1 Å². The molecule has 4 rings (SSSR count). The molecule has 2 aliphatic heterocycles. The first-order valence-electron chi connectivity index (χ1n) is 9.23. The molecule has 5 radical (unpaired) electrons. The fraction of sp³-hybridized carbons (Fsp3) is 0.381. The lowest BCUT2D eigenvalue weighted by Crippen LogP contribution is -2.66. The van der Waals surface area contributed by atoms with Gasteiger partial charge in [-0.15, -0.1) is 0 Å². The van der Waals surface area contributed by atoms with E-state index in [4.69, 9.17) is 19.5 Å². The second-order valence-electron chi connectivity index (χ2n) is 8.60. The van der Waals surface area contributed by atoms with Crippen LogP contribution < -0.4 is 5.46 Å². The van der Waals surface area contributed by atoms with Gasteiger partial charge in [-0.2, -0.15) is 11.3 Å². The van der Waals surface area contributed by atoms with Crippen LogP contribution in [-0.4, -0.2) is 42.0 Å². The van der Waals surface area contributed by atoms with E-state index in [1.54, 1.807) is 0 Å². The largest absolute Gasteiger partial charge is 0.518 e. The molecule has 26 heavy (non-hydrogen) atoms. The van der Waals surface area contributed by atoms with Gasteiger partial charge in [-0.05, 0) is 40.5 Å². The molecule has 5 heteroatoms. The van der Waals surface area contributed by atoms with Crippen LogP contribution in [0.15, 0.2) is 40.3 Å². The maximum atomic E-state index is 6.21. The molecule has 1 aliphatic carbocycles. The number of hydrogen-bond acceptors (Lipinski definition) is 4. The summed E-state index contributed by atoms with van der Waals surface area (Å²) in [5, 5.41) is 0. The molecule has 135 valence electrons. The molecule has 0 amide bonds. The van der Waals surface area contributed by atoms with E-state index in [0.29, 0.717) is 13.2 Å². The van der Waals surface area contributed by atoms with E-state index in [2.05, 4.69) is 77.6 Å². The van der Waals surface area contributed by atoms with Gasteiger partial charge in [0.1, 0.15) is 13.2 Å². The molecule has 1 aromatic rings. The lowest BCUT2D eigenvalue weighted by atomic mass is 9.14. The molecule has 1 saturated carbocycles. The average Bonchev–Trinajstić information content (AvgIpc) is 3.31. The summed E-state index contributed by atoms with van der Waals surface area (Å²) < 4.78 is 12.4. The third-order valence-corrected chi connectivity index (χ3v) is 5.20. The fourth-order valence-corrected chi connectivity index (χ4v) is 3.96. The highest BCUT2D eigenvalue weighted by molar-refractivity contribution is 7.35. The normalized spacial score (nSPS) is 24.8. The molecular formula is C21H25BN2O2-. The third kappa shape index (κ3) is 2.85. The summed E-state index contributed by atoms with van der Waals surface area (Å²) in [5.74, 6) is 2.58. The van der Waals surface area contributed by atoms with Crippen molar-refractivity contribution in [1.82, 2.24) is 0 Å². The van der Waals surface area contributed by atoms with Crippen LogP contribution in [0.25, 0.3) is 0 Å². The van der Waals surface area contributed by atoms with Gasteiger partial charge < -0.3 is 9.47 Å². The van der Waals surface area contributed by atoms with E-state index >= 15 is 0 Å². The molecule has 2 heterocycles. The first kappa shape index (κ1) is 17.6. The molecule has 0 unspecified atom stereocenters. The van der Waals surface area contributed by atoms with Crippen LogP contribution in [0.2, 0.25) is 0 Å². The van der Waals surface area contributed by atoms with Gasteiger partial charge in [0, 0.05) is 11.6 Å². The number of nitrogens with zero attached hydrogens (tertiary/aromatic N) is 2. The van der Waals surface area contributed by atoms with E-state index in [-0.39, 0.29) is 11.1 Å². The molecule has 0 atom stereocenters. The molecule has 1 aromatic carbocycles. The summed E-state index contributed by atoms with van der Waals surface area (Å²) in [6, 6.07) is 10.4. The van der Waals surface area contributed by atoms with Gasteiger partial charge in [0.25, 0.3) is 0 Å². The van der Waals surface area contributed by atoms with Crippen LogP contribution in [0.5, 0.6) is 0 Å². The highest BCUT2D eigenvalue weighted by Gasteiger charge is 2.51. The first-order chi connectivity index (χ1) is 12.3. The lowest BCUT2D eigenvalue weighted by molar-refractivity contribution is 0.278. The number of aliphatic imine (C=N–C) groups is 2. The number of ether oxygens (including phenoxy) is 2. The molecule has 0 spiro atoms. The minimum atomic E-state index is -1.65. The van der Waals surface area contributed by atoms with Crippen molar-refractivity contribution in [1.29, 1.82) is 0 Å². The zero-order chi connectivity index (χ0) is 18.4. The summed E-state index contributed by atoms with van der Waals surface area (Å²) in [6.45, 7) is 9.51. The summed E-state index contributed by atoms with van der Waals surface area (Å²) in [4.78, 5) is 9.96. The average molecular weight is 348 g/mol. The Kier molecular flexibility index (Phi) is 4.16. The van der Waals surface area contributed by atoms with Gasteiger partial charge >= 0.3 is 0 Å². The Morgan fingerprint density at radius 3 is 1.73 bits per heavy atom. The lowest BCUT2D eigenvalue weighted by Gasteiger charge is -2.44. The van der Waals surface area contributed by atoms with E-state index in [9.17, 15) is 0 Å². The summed E-state index contributed by atoms with van der Waals surface area (Å²) in [6.07, 6.45) is 6.70. The molecule has 0 bridgehead atoms. The van der Waals surface area contributed by atoms with Crippen LogP contribution in [0.3, 0.4) is 0 Å². The molecule has 0 N–H and O–H groups in total. The standard InChI is InChI=1S/C21H25BN2O2/c1-20(2)14-25-18(23-20)22(17-12-8-9-13-17,16-10-6-5-7-11-16)19-24-21(3,4)15-26-19/h5-13H,14-15H2,1-4H3/q-1. The molecule has 3 aliphatic rings. The Morgan fingerprint density at radius 1 is 0.808 bits per heavy atom. The Balaban J connectivity index is 1.95. The predicted molar refractivity (Wildman–Crippen MR) is 107 cm³/mol. The van der Waals surface area contributed by atoms with Gasteiger partial charge in [0.2, 0.25) is 6.15 Å². The molecule has 4 nitrogen and oxygen atoms in total. The van der Waals surface area contributed by atoms with Gasteiger partial charge in [-0.25, -0.2) is 0 Å². The second-order valence-corrected chi connectivity index (χ2v) is 8.60. The van der Waals surface area contributed by atoms with E-state index in [1.807, 2.05) is 6.07 Å². The third-order valence-electron chi connectivity index (χ3n) is 5.20. The van der Waals surface area contributed by atoms with Crippen molar-refractivity contribution in [3.8, 4) is 0 Å². The monoisotopic (exact) mass is 348 g/mol. The summed E-state index contributed by atoms with van der Waals surface area (Å²) >= 11 is 0. The van der Waals surface area contributed by atoms with Gasteiger partial charge in [0.15, 0.2) is 0 Å². The van der Waals surface area contributed by atoms with Crippen molar-refractivity contribution in [3.05, 3.63) is 61.8 Å². The SMILES string of the molecule is CC1(C)COC([B-]([C]2[CH][CH][CH][CH]2)(C2=NC(C)(C)CO2)c2ccccc2)=N1. The molecular weight excluding hydrogens is 323 g/mol. The highest BCUT2D eigenvalue weighted by Crippen LogP contribution is 2.39. The quantitative estimate of drug-likeness (QED) is 0.786. The topological polar surface area (TPSA) is 43.2 Å². The summed E-state index contributed by atoms with van der Waals surface area (Å²) in [7, 11) is 0. The maximum absolute atomic E-state index is 6.21. The van der Waals surface area contributed by atoms with Crippen LogP contribution in [0, 0.1) is 31.5 Å². The van der Waals surface area contributed by atoms with Crippen LogP contribution >= 0.6 is 0 Å². The van der Waals surface area contributed by atoms with Crippen molar-refractivity contribution < 1.29 is 9.47 Å². The minimum Gasteiger partial charge on any atom is -0.518 e. The van der Waals surface area contributed by atoms with Crippen LogP contribution in [0.4, 0.5) is 0 Å². The Morgan fingerprint density at radius 2 is 1.31 bits per heavy atom. The van der Waals surface area contributed by atoms with Crippen molar-refractivity contribution in [2.75, 3.05) is 13.2 Å². The molecule has 1 fully saturated rings. The van der Waals surface area contributed by atoms with Crippen LogP contribution in [0.1, 0.15) is 27.7 Å². The highest BCUT2D eigenvalue weighted by atomic mass is 16.5. The summed E-state index contributed by atoms with van der Waals surface area (Å²) in [5.41, 5.74) is 0.614. The number of benzene rings is 1. The molecule has 0 aromatic heterocycles. The number of rotatable bonds is 4. The Hall–Kier alpha value is -1.78. The second kappa shape index (κ2) is 6.14. The zero-order valence-electron chi connectivity index (χ0n) is 15.9. The van der Waals surface area contributed by atoms with E-state index < -0.39 is 6.15 Å². The zero-order valence-corrected chi connectivity index (χ0v) is 15.9. The van der Waals surface area contributed by atoms with Crippen molar-refractivity contribution >= 4 is 23.2 Å². The van der Waals surface area contributed by atoms with Crippen molar-refractivity contribution in [2.45, 2.75) is 38.8 Å². The fourth-order valence-electron chi connectivity index (χ4n) is 3.96. The van der Waals surface area contributed by atoms with Crippen molar-refractivity contribution in [3.63, 3.8) is 0 Å². The minimum absolute atomic E-state index is 0.252. The predicted octanol–water partition coefficient (Wildman–Crippen LogP) is 2.78. The van der Waals surface area contributed by atoms with Crippen LogP contribution in [-0.2, 0) is 9.47 Å². The van der Waals surface area contributed by atoms with Crippen molar-refractivity contribution in [2.24, 2.45) is 9.98 Å². The smallest absolute Gasteiger partial charge is 0.209 e. The first-order valence-corrected chi connectivity index (χ1v) is 9.23. The Labute approximate surface area is 157 Å². The van der Waals surface area contributed by atoms with Gasteiger partial charge in [-0.3, -0.25) is 9.98 Å². The maximum Gasteiger partial charge on any atom is 0.209 e. The van der Waals surface area contributed by atoms with E-state index in [1.165, 1.54) is 0 Å². The van der Waals surface area contributed by atoms with E-state index in [0.717, 1.165) is 22.9 Å². The Bertz CT molecular complexity index is 700. The molecule has 0 saturated heterocycles.